The largest absolute Gasteiger partial charge is 0.507 e. The van der Waals surface area contributed by atoms with E-state index < -0.39 is 11.5 Å². The molecule has 7 heteroatoms. The van der Waals surface area contributed by atoms with Crippen molar-refractivity contribution in [1.82, 2.24) is 15.6 Å². The predicted molar refractivity (Wildman–Crippen MR) is 85.5 cm³/mol. The Hall–Kier alpha value is -3.48. The Bertz CT molecular complexity index is 942. The molecule has 114 valence electrons. The number of aromatic nitrogens is 2. The van der Waals surface area contributed by atoms with Crippen LogP contribution >= 0.6 is 0 Å². The molecular weight excluding hydrogens is 296 g/mol. The minimum Gasteiger partial charge on any atom is -0.507 e. The minimum absolute atomic E-state index is 0.0314. The van der Waals surface area contributed by atoms with Crippen molar-refractivity contribution in [3.05, 3.63) is 70.1 Å². The Morgan fingerprint density at radius 2 is 2.00 bits per heavy atom. The summed E-state index contributed by atoms with van der Waals surface area (Å²) >= 11 is 0. The molecule has 0 radical (unpaired) electrons. The van der Waals surface area contributed by atoms with Crippen molar-refractivity contribution < 1.29 is 9.90 Å². The third-order valence-electron chi connectivity index (χ3n) is 3.22. The van der Waals surface area contributed by atoms with Crippen LogP contribution in [0.15, 0.2) is 58.4 Å². The van der Waals surface area contributed by atoms with E-state index in [9.17, 15) is 14.7 Å². The predicted octanol–water partition coefficient (Wildman–Crippen LogP) is 1.39. The van der Waals surface area contributed by atoms with Crippen LogP contribution in [0.3, 0.4) is 0 Å². The molecule has 0 spiro atoms. The zero-order valence-electron chi connectivity index (χ0n) is 11.9. The van der Waals surface area contributed by atoms with Crippen LogP contribution in [0, 0.1) is 0 Å². The van der Waals surface area contributed by atoms with Crippen LogP contribution in [0.2, 0.25) is 0 Å². The van der Waals surface area contributed by atoms with Crippen molar-refractivity contribution in [1.29, 1.82) is 0 Å². The van der Waals surface area contributed by atoms with E-state index in [-0.39, 0.29) is 11.4 Å². The first kappa shape index (κ1) is 14.5. The number of phenolic OH excluding ortho intramolecular Hbond substituents is 1. The SMILES string of the molecule is O=C(N/N=C\c1c(O)ccc2ccccc12)c1ccc(=O)[nH]n1. The molecule has 0 aliphatic heterocycles. The quantitative estimate of drug-likeness (QED) is 0.502. The zero-order chi connectivity index (χ0) is 16.2. The number of hydrogen-bond acceptors (Lipinski definition) is 5. The van der Waals surface area contributed by atoms with E-state index >= 15 is 0 Å². The lowest BCUT2D eigenvalue weighted by atomic mass is 10.0. The number of fused-ring (bicyclic) bond motifs is 1. The van der Waals surface area contributed by atoms with Gasteiger partial charge in [0.05, 0.1) is 6.21 Å². The van der Waals surface area contributed by atoms with Crippen LogP contribution in [-0.2, 0) is 0 Å². The van der Waals surface area contributed by atoms with Crippen molar-refractivity contribution in [2.75, 3.05) is 0 Å². The maximum atomic E-state index is 11.8. The molecule has 2 aromatic carbocycles. The van der Waals surface area contributed by atoms with E-state index in [4.69, 9.17) is 0 Å². The Morgan fingerprint density at radius 3 is 2.78 bits per heavy atom. The number of carbonyl (C=O) groups is 1. The van der Waals surface area contributed by atoms with Crippen LogP contribution in [0.25, 0.3) is 10.8 Å². The van der Waals surface area contributed by atoms with E-state index in [2.05, 4.69) is 20.7 Å². The Labute approximate surface area is 130 Å². The highest BCUT2D eigenvalue weighted by Crippen LogP contribution is 2.25. The highest BCUT2D eigenvalue weighted by Gasteiger charge is 2.07. The minimum atomic E-state index is -0.572. The Morgan fingerprint density at radius 1 is 1.17 bits per heavy atom. The molecule has 1 heterocycles. The third-order valence-corrected chi connectivity index (χ3v) is 3.22. The molecule has 3 aromatic rings. The summed E-state index contributed by atoms with van der Waals surface area (Å²) in [5, 5.41) is 21.3. The number of amides is 1. The van der Waals surface area contributed by atoms with E-state index in [0.29, 0.717) is 5.56 Å². The lowest BCUT2D eigenvalue weighted by Gasteiger charge is -2.04. The van der Waals surface area contributed by atoms with Crippen molar-refractivity contribution >= 4 is 22.9 Å². The number of H-pyrrole nitrogens is 1. The molecular formula is C16H12N4O3. The second-order valence-electron chi connectivity index (χ2n) is 4.73. The summed E-state index contributed by atoms with van der Waals surface area (Å²) in [6.07, 6.45) is 1.36. The van der Waals surface area contributed by atoms with Gasteiger partial charge in [-0.25, -0.2) is 10.5 Å². The van der Waals surface area contributed by atoms with Crippen LogP contribution < -0.4 is 11.0 Å². The number of benzene rings is 2. The van der Waals surface area contributed by atoms with Crippen LogP contribution in [0.1, 0.15) is 16.1 Å². The van der Waals surface area contributed by atoms with Gasteiger partial charge in [-0.3, -0.25) is 9.59 Å². The number of nitrogens with one attached hydrogen (secondary N) is 2. The number of nitrogens with zero attached hydrogens (tertiary/aromatic N) is 2. The number of rotatable bonds is 3. The summed E-state index contributed by atoms with van der Waals surface area (Å²) in [6, 6.07) is 13.4. The number of hydrazone groups is 1. The fourth-order valence-electron chi connectivity index (χ4n) is 2.10. The summed E-state index contributed by atoms with van der Waals surface area (Å²) < 4.78 is 0. The smallest absolute Gasteiger partial charge is 0.291 e. The Kier molecular flexibility index (Phi) is 3.84. The molecule has 7 nitrogen and oxygen atoms in total. The number of aromatic amines is 1. The molecule has 23 heavy (non-hydrogen) atoms. The summed E-state index contributed by atoms with van der Waals surface area (Å²) in [7, 11) is 0. The fourth-order valence-corrected chi connectivity index (χ4v) is 2.10. The number of aromatic hydroxyl groups is 1. The molecule has 0 unspecified atom stereocenters. The summed E-state index contributed by atoms with van der Waals surface area (Å²) in [6.45, 7) is 0. The van der Waals surface area contributed by atoms with E-state index in [0.717, 1.165) is 10.8 Å². The molecule has 1 amide bonds. The van der Waals surface area contributed by atoms with Crippen LogP contribution in [-0.4, -0.2) is 27.4 Å². The molecule has 0 fully saturated rings. The normalized spacial score (nSPS) is 11.0. The third kappa shape index (κ3) is 3.08. The number of phenols is 1. The van der Waals surface area contributed by atoms with Crippen LogP contribution in [0.5, 0.6) is 5.75 Å². The topological polar surface area (TPSA) is 107 Å². The molecule has 0 saturated heterocycles. The summed E-state index contributed by atoms with van der Waals surface area (Å²) in [5.41, 5.74) is 2.43. The molecule has 3 rings (SSSR count). The van der Waals surface area contributed by atoms with E-state index in [1.54, 1.807) is 12.1 Å². The second kappa shape index (κ2) is 6.10. The van der Waals surface area contributed by atoms with Gasteiger partial charge in [-0.05, 0) is 22.9 Å². The first-order chi connectivity index (χ1) is 11.1. The molecule has 0 aliphatic rings. The molecule has 0 aliphatic carbocycles. The van der Waals surface area contributed by atoms with Gasteiger partial charge in [-0.1, -0.05) is 30.3 Å². The molecule has 0 atom stereocenters. The van der Waals surface area contributed by atoms with Crippen molar-refractivity contribution in [3.8, 4) is 5.75 Å². The second-order valence-corrected chi connectivity index (χ2v) is 4.73. The monoisotopic (exact) mass is 308 g/mol. The molecule has 1 aromatic heterocycles. The first-order valence-electron chi connectivity index (χ1n) is 6.75. The molecule has 0 saturated carbocycles. The number of carbonyl (C=O) groups excluding carboxylic acids is 1. The lowest BCUT2D eigenvalue weighted by Crippen LogP contribution is -2.21. The summed E-state index contributed by atoms with van der Waals surface area (Å²) in [4.78, 5) is 22.7. The summed E-state index contributed by atoms with van der Waals surface area (Å²) in [5.74, 6) is -0.513. The van der Waals surface area contributed by atoms with Gasteiger partial charge in [-0.2, -0.15) is 10.2 Å². The molecule has 3 N–H and O–H groups in total. The average Bonchev–Trinajstić information content (AvgIpc) is 2.57. The van der Waals surface area contributed by atoms with Gasteiger partial charge >= 0.3 is 0 Å². The Balaban J connectivity index is 1.83. The van der Waals surface area contributed by atoms with Crippen molar-refractivity contribution in [2.45, 2.75) is 0 Å². The zero-order valence-corrected chi connectivity index (χ0v) is 11.9. The van der Waals surface area contributed by atoms with Gasteiger partial charge in [0, 0.05) is 11.6 Å². The van der Waals surface area contributed by atoms with Crippen molar-refractivity contribution in [2.24, 2.45) is 5.10 Å². The van der Waals surface area contributed by atoms with Gasteiger partial charge in [-0.15, -0.1) is 0 Å². The van der Waals surface area contributed by atoms with Gasteiger partial charge in [0.2, 0.25) is 0 Å². The van der Waals surface area contributed by atoms with Gasteiger partial charge in [0.15, 0.2) is 5.69 Å². The first-order valence-corrected chi connectivity index (χ1v) is 6.75. The highest BCUT2D eigenvalue weighted by molar-refractivity contribution is 6.02. The average molecular weight is 308 g/mol. The van der Waals surface area contributed by atoms with Gasteiger partial charge in [0.25, 0.3) is 11.5 Å². The fraction of sp³-hybridized carbons (Fsp3) is 0. The van der Waals surface area contributed by atoms with E-state index in [1.165, 1.54) is 18.3 Å². The van der Waals surface area contributed by atoms with E-state index in [1.807, 2.05) is 24.3 Å². The lowest BCUT2D eigenvalue weighted by molar-refractivity contribution is 0.0949. The standard InChI is InChI=1S/C16H12N4O3/c21-14-7-5-10-3-1-2-4-11(10)12(14)9-17-20-16(23)13-6-8-15(22)19-18-13/h1-9,21H,(H,19,22)(H,20,23)/b17-9-. The maximum Gasteiger partial charge on any atom is 0.291 e. The molecule has 0 bridgehead atoms. The number of hydrogen-bond donors (Lipinski definition) is 3. The van der Waals surface area contributed by atoms with Crippen LogP contribution in [0.4, 0.5) is 0 Å². The van der Waals surface area contributed by atoms with Gasteiger partial charge < -0.3 is 5.11 Å². The van der Waals surface area contributed by atoms with Crippen molar-refractivity contribution in [3.63, 3.8) is 0 Å². The highest BCUT2D eigenvalue weighted by atomic mass is 16.3. The maximum absolute atomic E-state index is 11.8. The van der Waals surface area contributed by atoms with Gasteiger partial charge in [0.1, 0.15) is 5.75 Å².